The highest BCUT2D eigenvalue weighted by atomic mass is 19.4. The van der Waals surface area contributed by atoms with Crippen LogP contribution in [0.1, 0.15) is 25.3 Å². The Balaban J connectivity index is 1.58. The predicted molar refractivity (Wildman–Crippen MR) is 104 cm³/mol. The van der Waals surface area contributed by atoms with E-state index < -0.39 is 12.0 Å². The minimum absolute atomic E-state index is 0.246. The van der Waals surface area contributed by atoms with Crippen molar-refractivity contribution in [1.82, 2.24) is 5.32 Å². The molecule has 2 aliphatic rings. The molecule has 4 rings (SSSR count). The average molecular weight is 423 g/mol. The van der Waals surface area contributed by atoms with Crippen LogP contribution in [-0.2, 0) is 10.3 Å². The van der Waals surface area contributed by atoms with Crippen LogP contribution in [0.4, 0.5) is 13.2 Å². The van der Waals surface area contributed by atoms with E-state index in [0.717, 1.165) is 24.4 Å². The molecule has 162 valence electrons. The lowest BCUT2D eigenvalue weighted by molar-refractivity contribution is -0.274. The first-order chi connectivity index (χ1) is 14.3. The molecule has 2 aromatic carbocycles. The van der Waals surface area contributed by atoms with E-state index in [1.54, 1.807) is 0 Å². The van der Waals surface area contributed by atoms with Crippen LogP contribution in [0.3, 0.4) is 0 Å². The minimum Gasteiger partial charge on any atom is -0.490 e. The van der Waals surface area contributed by atoms with Crippen LogP contribution in [0, 0.1) is 0 Å². The zero-order chi connectivity index (χ0) is 21.2. The van der Waals surface area contributed by atoms with Gasteiger partial charge < -0.3 is 24.3 Å². The molecule has 0 aromatic heterocycles. The molecule has 1 atom stereocenters. The van der Waals surface area contributed by atoms with Crippen molar-refractivity contribution >= 4 is 0 Å². The molecule has 5 nitrogen and oxygen atoms in total. The molecular weight excluding hydrogens is 399 g/mol. The highest BCUT2D eigenvalue weighted by molar-refractivity contribution is 5.41. The second kappa shape index (κ2) is 8.00. The number of para-hydroxylation sites is 1. The van der Waals surface area contributed by atoms with Crippen LogP contribution < -0.4 is 19.5 Å². The molecule has 1 unspecified atom stereocenters. The molecule has 2 saturated heterocycles. The second-order valence-corrected chi connectivity index (χ2v) is 7.89. The molecule has 0 saturated carbocycles. The van der Waals surface area contributed by atoms with Crippen molar-refractivity contribution in [3.63, 3.8) is 0 Å². The van der Waals surface area contributed by atoms with Gasteiger partial charge in [0.2, 0.25) is 0 Å². The Morgan fingerprint density at radius 1 is 1.00 bits per heavy atom. The van der Waals surface area contributed by atoms with E-state index in [2.05, 4.69) is 10.1 Å². The molecule has 0 aliphatic carbocycles. The zero-order valence-corrected chi connectivity index (χ0v) is 16.6. The van der Waals surface area contributed by atoms with Crippen LogP contribution in [0.25, 0.3) is 0 Å². The van der Waals surface area contributed by atoms with E-state index in [4.69, 9.17) is 14.2 Å². The number of ether oxygens (including phenoxy) is 4. The van der Waals surface area contributed by atoms with Crippen LogP contribution in [-0.4, -0.2) is 38.3 Å². The summed E-state index contributed by atoms with van der Waals surface area (Å²) in [6.45, 7) is 4.63. The van der Waals surface area contributed by atoms with Gasteiger partial charge in [-0.25, -0.2) is 0 Å². The molecule has 2 aromatic rings. The van der Waals surface area contributed by atoms with E-state index >= 15 is 0 Å². The number of epoxide rings is 1. The van der Waals surface area contributed by atoms with Crippen LogP contribution in [0.2, 0.25) is 0 Å². The first-order valence-electron chi connectivity index (χ1n) is 9.89. The maximum absolute atomic E-state index is 12.4. The molecule has 30 heavy (non-hydrogen) atoms. The normalized spacial score (nSPS) is 22.9. The summed E-state index contributed by atoms with van der Waals surface area (Å²) in [5.74, 6) is 0.919. The van der Waals surface area contributed by atoms with E-state index in [9.17, 15) is 13.2 Å². The molecule has 2 heterocycles. The Labute approximate surface area is 173 Å². The molecule has 0 radical (unpaired) electrons. The van der Waals surface area contributed by atoms with Gasteiger partial charge in [0.05, 0.1) is 6.61 Å². The van der Waals surface area contributed by atoms with E-state index in [-0.39, 0.29) is 11.4 Å². The number of nitrogens with one attached hydrogen (secondary N) is 1. The van der Waals surface area contributed by atoms with Crippen molar-refractivity contribution in [3.05, 3.63) is 54.1 Å². The molecule has 2 fully saturated rings. The van der Waals surface area contributed by atoms with Crippen LogP contribution in [0.5, 0.6) is 17.2 Å². The molecule has 1 N–H and O–H groups in total. The van der Waals surface area contributed by atoms with Crippen molar-refractivity contribution in [3.8, 4) is 17.2 Å². The fourth-order valence-corrected chi connectivity index (χ4v) is 3.60. The summed E-state index contributed by atoms with van der Waals surface area (Å²) >= 11 is 0. The number of alkyl halides is 3. The first kappa shape index (κ1) is 20.8. The van der Waals surface area contributed by atoms with Gasteiger partial charge in [-0.2, -0.15) is 0 Å². The molecular formula is C22H24F3NO4. The van der Waals surface area contributed by atoms with E-state index in [1.807, 2.05) is 31.2 Å². The SMILES string of the molecule is CC1(COc2ccccc2C2(Oc3ccc(OC(F)(F)F)cc3)CCNCC2)CO1. The fourth-order valence-electron chi connectivity index (χ4n) is 3.60. The van der Waals surface area contributed by atoms with Gasteiger partial charge in [-0.05, 0) is 50.3 Å². The Hall–Kier alpha value is -2.45. The fraction of sp³-hybridized carbons (Fsp3) is 0.455. The highest BCUT2D eigenvalue weighted by Crippen LogP contribution is 2.41. The van der Waals surface area contributed by atoms with E-state index in [0.29, 0.717) is 31.8 Å². The predicted octanol–water partition coefficient (Wildman–Crippen LogP) is 4.41. The number of hydrogen-bond acceptors (Lipinski definition) is 5. The summed E-state index contributed by atoms with van der Waals surface area (Å²) in [5, 5.41) is 3.33. The Morgan fingerprint density at radius 2 is 1.63 bits per heavy atom. The van der Waals surface area contributed by atoms with Crippen LogP contribution in [0.15, 0.2) is 48.5 Å². The van der Waals surface area contributed by atoms with Crippen molar-refractivity contribution in [2.75, 3.05) is 26.3 Å². The lowest BCUT2D eigenvalue weighted by Crippen LogP contribution is -2.44. The lowest BCUT2D eigenvalue weighted by Gasteiger charge is -2.39. The van der Waals surface area contributed by atoms with Gasteiger partial charge in [0.25, 0.3) is 0 Å². The highest BCUT2D eigenvalue weighted by Gasteiger charge is 2.42. The van der Waals surface area contributed by atoms with E-state index in [1.165, 1.54) is 24.3 Å². The number of piperidine rings is 1. The van der Waals surface area contributed by atoms with Crippen molar-refractivity contribution in [2.24, 2.45) is 0 Å². The molecule has 8 heteroatoms. The quantitative estimate of drug-likeness (QED) is 0.669. The van der Waals surface area contributed by atoms with Crippen molar-refractivity contribution in [1.29, 1.82) is 0 Å². The van der Waals surface area contributed by atoms with Gasteiger partial charge in [-0.1, -0.05) is 18.2 Å². The molecule has 2 aliphatic heterocycles. The molecule has 0 amide bonds. The summed E-state index contributed by atoms with van der Waals surface area (Å²) in [6, 6.07) is 13.2. The summed E-state index contributed by atoms with van der Waals surface area (Å²) in [6.07, 6.45) is -3.33. The monoisotopic (exact) mass is 423 g/mol. The smallest absolute Gasteiger partial charge is 0.490 e. The first-order valence-corrected chi connectivity index (χ1v) is 9.89. The summed E-state index contributed by atoms with van der Waals surface area (Å²) in [5.41, 5.74) is 0.0229. The average Bonchev–Trinajstić information content (AvgIpc) is 3.45. The van der Waals surface area contributed by atoms with Gasteiger partial charge in [0, 0.05) is 18.4 Å². The molecule has 0 bridgehead atoms. The maximum atomic E-state index is 12.4. The van der Waals surface area contributed by atoms with Crippen molar-refractivity contribution < 1.29 is 32.1 Å². The largest absolute Gasteiger partial charge is 0.573 e. The Bertz CT molecular complexity index is 859. The number of halogens is 3. The molecule has 0 spiro atoms. The third-order valence-corrected chi connectivity index (χ3v) is 5.33. The van der Waals surface area contributed by atoms with Gasteiger partial charge in [-0.15, -0.1) is 13.2 Å². The van der Waals surface area contributed by atoms with Gasteiger partial charge >= 0.3 is 6.36 Å². The Morgan fingerprint density at radius 3 is 2.27 bits per heavy atom. The zero-order valence-electron chi connectivity index (χ0n) is 16.6. The number of rotatable bonds is 7. The third-order valence-electron chi connectivity index (χ3n) is 5.33. The summed E-state index contributed by atoms with van der Waals surface area (Å²) in [4.78, 5) is 0. The lowest BCUT2D eigenvalue weighted by atomic mass is 9.84. The number of hydrogen-bond donors (Lipinski definition) is 1. The van der Waals surface area contributed by atoms with Crippen molar-refractivity contribution in [2.45, 2.75) is 37.3 Å². The second-order valence-electron chi connectivity index (χ2n) is 7.89. The minimum atomic E-state index is -4.73. The number of benzene rings is 2. The summed E-state index contributed by atoms with van der Waals surface area (Å²) in [7, 11) is 0. The topological polar surface area (TPSA) is 52.2 Å². The maximum Gasteiger partial charge on any atom is 0.573 e. The van der Waals surface area contributed by atoms with Gasteiger partial charge in [-0.3, -0.25) is 0 Å². The third kappa shape index (κ3) is 4.99. The summed E-state index contributed by atoms with van der Waals surface area (Å²) < 4.78 is 59.1. The van der Waals surface area contributed by atoms with Gasteiger partial charge in [0.1, 0.15) is 35.1 Å². The van der Waals surface area contributed by atoms with Gasteiger partial charge in [0.15, 0.2) is 0 Å². The standard InChI is InChI=1S/C22H24F3NO4/c1-20(15-28-20)14-27-19-5-3-2-4-18(19)21(10-12-26-13-11-21)29-16-6-8-17(9-7-16)30-22(23,24)25/h2-9,26H,10-15H2,1H3. The Kier molecular flexibility index (Phi) is 5.55. The van der Waals surface area contributed by atoms with Crippen LogP contribution >= 0.6 is 0 Å².